The van der Waals surface area contributed by atoms with Crippen molar-refractivity contribution in [1.29, 1.82) is 0 Å². The maximum Gasteiger partial charge on any atom is 0.185 e. The number of rotatable bonds is 10. The topological polar surface area (TPSA) is 44.8 Å². The molecule has 0 saturated heterocycles. The van der Waals surface area contributed by atoms with Crippen molar-refractivity contribution in [3.05, 3.63) is 59.2 Å². The first-order valence-electron chi connectivity index (χ1n) is 11.9. The quantitative estimate of drug-likeness (QED) is 0.274. The van der Waals surface area contributed by atoms with Crippen LogP contribution in [0.3, 0.4) is 0 Å². The third-order valence-electron chi connectivity index (χ3n) is 4.54. The van der Waals surface area contributed by atoms with Crippen molar-refractivity contribution >= 4 is 11.9 Å². The van der Waals surface area contributed by atoms with Gasteiger partial charge in [0.2, 0.25) is 0 Å². The van der Waals surface area contributed by atoms with Gasteiger partial charge in [-0.25, -0.2) is 0 Å². The van der Waals surface area contributed by atoms with Crippen LogP contribution in [0.25, 0.3) is 6.08 Å². The lowest BCUT2D eigenvalue weighted by molar-refractivity contribution is 0.0946. The lowest BCUT2D eigenvalue weighted by atomic mass is 10.0. The van der Waals surface area contributed by atoms with Crippen molar-refractivity contribution in [2.45, 2.75) is 85.9 Å². The molecule has 0 aliphatic carbocycles. The molecule has 0 atom stereocenters. The highest BCUT2D eigenvalue weighted by molar-refractivity contribution is 6.06. The van der Waals surface area contributed by atoms with Gasteiger partial charge in [0.15, 0.2) is 17.3 Å². The van der Waals surface area contributed by atoms with Gasteiger partial charge < -0.3 is 14.2 Å². The average molecular weight is 453 g/mol. The summed E-state index contributed by atoms with van der Waals surface area (Å²) in [5.74, 6) is 2.21. The largest absolute Gasteiger partial charge is 0.494 e. The van der Waals surface area contributed by atoms with Gasteiger partial charge in [0.25, 0.3) is 0 Å². The second kappa shape index (κ2) is 11.4. The zero-order valence-electron chi connectivity index (χ0n) is 21.6. The molecule has 0 aromatic heterocycles. The van der Waals surface area contributed by atoms with Crippen LogP contribution in [0.5, 0.6) is 17.2 Å². The van der Waals surface area contributed by atoms with E-state index in [9.17, 15) is 4.79 Å². The molecule has 4 heteroatoms. The fourth-order valence-electron chi connectivity index (χ4n) is 3.27. The molecule has 0 bridgehead atoms. The van der Waals surface area contributed by atoms with Crippen LogP contribution in [0.4, 0.5) is 0 Å². The van der Waals surface area contributed by atoms with Crippen LogP contribution < -0.4 is 14.2 Å². The molecule has 0 aliphatic rings. The molecule has 2 aromatic carbocycles. The molecular formula is C29H40O4. The standard InChI is InChI=1S/C29H40O4/c1-9-11-23-19-21(20-26(32-28(3,4)5)27(23)33-29(6,7)8)12-17-25(30)22-13-15-24(16-14-22)31-18-10-2/h12-17,19-20H,9-11,18H2,1-8H3. The molecule has 33 heavy (non-hydrogen) atoms. The summed E-state index contributed by atoms with van der Waals surface area (Å²) in [5.41, 5.74) is 1.90. The molecule has 180 valence electrons. The molecule has 0 unspecified atom stereocenters. The van der Waals surface area contributed by atoms with Crippen LogP contribution >= 0.6 is 0 Å². The Hall–Kier alpha value is -2.75. The van der Waals surface area contributed by atoms with Crippen LogP contribution in [-0.2, 0) is 6.42 Å². The van der Waals surface area contributed by atoms with Crippen LogP contribution in [0.1, 0.15) is 89.7 Å². The number of benzene rings is 2. The Kier molecular flexibility index (Phi) is 9.16. The number of hydrogen-bond acceptors (Lipinski definition) is 4. The minimum atomic E-state index is -0.376. The van der Waals surface area contributed by atoms with E-state index in [1.54, 1.807) is 18.2 Å². The molecular weight excluding hydrogens is 412 g/mol. The molecule has 0 heterocycles. The van der Waals surface area contributed by atoms with Crippen LogP contribution in [-0.4, -0.2) is 23.6 Å². The van der Waals surface area contributed by atoms with Crippen molar-refractivity contribution in [3.8, 4) is 17.2 Å². The zero-order valence-corrected chi connectivity index (χ0v) is 21.6. The van der Waals surface area contributed by atoms with Gasteiger partial charge in [0.1, 0.15) is 17.0 Å². The Morgan fingerprint density at radius 1 is 0.879 bits per heavy atom. The molecule has 2 rings (SSSR count). The Morgan fingerprint density at radius 2 is 1.52 bits per heavy atom. The first-order chi connectivity index (χ1) is 15.4. The van der Waals surface area contributed by atoms with E-state index in [1.165, 1.54) is 0 Å². The normalized spacial score (nSPS) is 12.1. The first kappa shape index (κ1) is 26.5. The van der Waals surface area contributed by atoms with Crippen molar-refractivity contribution < 1.29 is 19.0 Å². The van der Waals surface area contributed by atoms with Gasteiger partial charge in [-0.15, -0.1) is 0 Å². The van der Waals surface area contributed by atoms with E-state index in [4.69, 9.17) is 14.2 Å². The molecule has 2 aromatic rings. The van der Waals surface area contributed by atoms with E-state index < -0.39 is 0 Å². The highest BCUT2D eigenvalue weighted by atomic mass is 16.5. The molecule has 0 saturated carbocycles. The van der Waals surface area contributed by atoms with Crippen molar-refractivity contribution in [3.63, 3.8) is 0 Å². The number of ketones is 1. The van der Waals surface area contributed by atoms with Gasteiger partial charge in [-0.1, -0.05) is 26.3 Å². The highest BCUT2D eigenvalue weighted by Crippen LogP contribution is 2.38. The maximum atomic E-state index is 12.7. The van der Waals surface area contributed by atoms with Crippen LogP contribution in [0.2, 0.25) is 0 Å². The zero-order chi connectivity index (χ0) is 24.6. The minimum absolute atomic E-state index is 0.0533. The molecule has 0 N–H and O–H groups in total. The van der Waals surface area contributed by atoms with E-state index in [0.29, 0.717) is 17.9 Å². The van der Waals surface area contributed by atoms with Crippen LogP contribution in [0.15, 0.2) is 42.5 Å². The Balaban J connectivity index is 2.36. The van der Waals surface area contributed by atoms with E-state index in [1.807, 2.05) is 65.8 Å². The lowest BCUT2D eigenvalue weighted by Crippen LogP contribution is -2.27. The van der Waals surface area contributed by atoms with Gasteiger partial charge >= 0.3 is 0 Å². The smallest absolute Gasteiger partial charge is 0.185 e. The summed E-state index contributed by atoms with van der Waals surface area (Å²) in [6.07, 6.45) is 6.25. The SMILES string of the molecule is CCCOc1ccc(C(=O)C=Cc2cc(CCC)c(OC(C)(C)C)c(OC(C)(C)C)c2)cc1. The van der Waals surface area contributed by atoms with Gasteiger partial charge in [0, 0.05) is 5.56 Å². The summed E-state index contributed by atoms with van der Waals surface area (Å²) in [7, 11) is 0. The summed E-state index contributed by atoms with van der Waals surface area (Å²) in [6, 6.07) is 11.3. The summed E-state index contributed by atoms with van der Waals surface area (Å²) in [5, 5.41) is 0. The predicted molar refractivity (Wildman–Crippen MR) is 137 cm³/mol. The third kappa shape index (κ3) is 8.95. The van der Waals surface area contributed by atoms with E-state index in [-0.39, 0.29) is 17.0 Å². The number of allylic oxidation sites excluding steroid dienone is 1. The van der Waals surface area contributed by atoms with Crippen LogP contribution in [0, 0.1) is 0 Å². The predicted octanol–water partition coefficient (Wildman–Crippen LogP) is 7.68. The summed E-state index contributed by atoms with van der Waals surface area (Å²) in [6.45, 7) is 17.0. The molecule has 0 aliphatic heterocycles. The molecule has 0 radical (unpaired) electrons. The van der Waals surface area contributed by atoms with E-state index in [2.05, 4.69) is 19.9 Å². The van der Waals surface area contributed by atoms with Crippen molar-refractivity contribution in [2.24, 2.45) is 0 Å². The fraction of sp³-hybridized carbons (Fsp3) is 0.483. The molecule has 4 nitrogen and oxygen atoms in total. The van der Waals surface area contributed by atoms with Gasteiger partial charge in [-0.3, -0.25) is 4.79 Å². The second-order valence-electron chi connectivity index (χ2n) is 10.3. The molecule has 0 spiro atoms. The Labute approximate surface area is 200 Å². The van der Waals surface area contributed by atoms with Gasteiger partial charge in [0.05, 0.1) is 6.61 Å². The average Bonchev–Trinajstić information content (AvgIpc) is 2.71. The van der Waals surface area contributed by atoms with E-state index >= 15 is 0 Å². The second-order valence-corrected chi connectivity index (χ2v) is 10.3. The van der Waals surface area contributed by atoms with Gasteiger partial charge in [-0.2, -0.15) is 0 Å². The Morgan fingerprint density at radius 3 is 2.06 bits per heavy atom. The monoisotopic (exact) mass is 452 g/mol. The number of hydrogen-bond donors (Lipinski definition) is 0. The van der Waals surface area contributed by atoms with E-state index in [0.717, 1.165) is 41.9 Å². The molecule has 0 amide bonds. The minimum Gasteiger partial charge on any atom is -0.494 e. The fourth-order valence-corrected chi connectivity index (χ4v) is 3.27. The number of carbonyl (C=O) groups is 1. The molecule has 0 fully saturated rings. The van der Waals surface area contributed by atoms with Crippen molar-refractivity contribution in [1.82, 2.24) is 0 Å². The number of carbonyl (C=O) groups excluding carboxylic acids is 1. The Bertz CT molecular complexity index is 941. The summed E-state index contributed by atoms with van der Waals surface area (Å²) in [4.78, 5) is 12.7. The number of aryl methyl sites for hydroxylation is 1. The number of ether oxygens (including phenoxy) is 3. The first-order valence-corrected chi connectivity index (χ1v) is 11.9. The highest BCUT2D eigenvalue weighted by Gasteiger charge is 2.23. The van der Waals surface area contributed by atoms with Crippen molar-refractivity contribution in [2.75, 3.05) is 6.61 Å². The maximum absolute atomic E-state index is 12.7. The van der Waals surface area contributed by atoms with Gasteiger partial charge in [-0.05, 0) is 108 Å². The third-order valence-corrected chi connectivity index (χ3v) is 4.54. The lowest BCUT2D eigenvalue weighted by Gasteiger charge is -2.29. The summed E-state index contributed by atoms with van der Waals surface area (Å²) < 4.78 is 18.2. The summed E-state index contributed by atoms with van der Waals surface area (Å²) >= 11 is 0.